The van der Waals surface area contributed by atoms with Crippen LogP contribution in [0.5, 0.6) is 0 Å². The normalized spacial score (nSPS) is 27.8. The van der Waals surface area contributed by atoms with Crippen molar-refractivity contribution >= 4 is 0 Å². The minimum atomic E-state index is 0.744. The van der Waals surface area contributed by atoms with Crippen LogP contribution in [0, 0.1) is 11.8 Å². The molecular formula is C14H23N3. The number of hydrogen-bond donors (Lipinski definition) is 2. The maximum absolute atomic E-state index is 5.95. The van der Waals surface area contributed by atoms with Crippen LogP contribution in [-0.2, 0) is 0 Å². The second-order valence-corrected chi connectivity index (χ2v) is 5.23. The van der Waals surface area contributed by atoms with E-state index in [1.54, 1.807) is 0 Å². The Morgan fingerprint density at radius 1 is 1.35 bits per heavy atom. The molecule has 0 saturated heterocycles. The van der Waals surface area contributed by atoms with Crippen molar-refractivity contribution in [2.45, 2.75) is 26.7 Å². The Morgan fingerprint density at radius 2 is 2.06 bits per heavy atom. The predicted molar refractivity (Wildman–Crippen MR) is 71.8 cm³/mol. The molecule has 2 aliphatic rings. The molecule has 3 nitrogen and oxygen atoms in total. The van der Waals surface area contributed by atoms with Crippen molar-refractivity contribution in [1.29, 1.82) is 0 Å². The highest BCUT2D eigenvalue weighted by Gasteiger charge is 2.34. The second-order valence-electron chi connectivity index (χ2n) is 5.23. The van der Waals surface area contributed by atoms with Crippen LogP contribution >= 0.6 is 0 Å². The molecule has 0 aromatic rings. The van der Waals surface area contributed by atoms with E-state index in [0.29, 0.717) is 0 Å². The van der Waals surface area contributed by atoms with Crippen LogP contribution in [0.2, 0.25) is 0 Å². The van der Waals surface area contributed by atoms with Crippen LogP contribution in [0.4, 0.5) is 0 Å². The van der Waals surface area contributed by atoms with Crippen molar-refractivity contribution in [3.63, 3.8) is 0 Å². The SMILES string of the molecule is CCN(CC1CC1C)C1=CC=C(N)C=C(N)C1. The third-order valence-electron chi connectivity index (χ3n) is 3.72. The molecule has 0 bridgehead atoms. The smallest absolute Gasteiger partial charge is 0.0332 e. The Labute approximate surface area is 104 Å². The summed E-state index contributed by atoms with van der Waals surface area (Å²) in [5, 5.41) is 0. The number of nitrogens with zero attached hydrogens (tertiary/aromatic N) is 1. The molecule has 2 aliphatic carbocycles. The van der Waals surface area contributed by atoms with Crippen molar-refractivity contribution in [3.8, 4) is 0 Å². The topological polar surface area (TPSA) is 55.3 Å². The molecule has 0 aromatic heterocycles. The first kappa shape index (κ1) is 12.1. The summed E-state index contributed by atoms with van der Waals surface area (Å²) in [6.07, 6.45) is 8.10. The van der Waals surface area contributed by atoms with Crippen LogP contribution < -0.4 is 11.5 Å². The van der Waals surface area contributed by atoms with Gasteiger partial charge in [-0.05, 0) is 43.4 Å². The van der Waals surface area contributed by atoms with Crippen LogP contribution in [0.1, 0.15) is 26.7 Å². The van der Waals surface area contributed by atoms with Crippen LogP contribution in [-0.4, -0.2) is 18.0 Å². The molecule has 2 unspecified atom stereocenters. The Hall–Kier alpha value is -1.38. The zero-order valence-electron chi connectivity index (χ0n) is 10.8. The van der Waals surface area contributed by atoms with Crippen LogP contribution in [0.3, 0.4) is 0 Å². The molecule has 2 rings (SSSR count). The molecule has 2 atom stereocenters. The third-order valence-corrected chi connectivity index (χ3v) is 3.72. The number of rotatable bonds is 4. The van der Waals surface area contributed by atoms with E-state index in [0.717, 1.165) is 42.7 Å². The second kappa shape index (κ2) is 4.86. The van der Waals surface area contributed by atoms with Crippen molar-refractivity contribution in [2.24, 2.45) is 23.3 Å². The largest absolute Gasteiger partial charge is 0.402 e. The average Bonchev–Trinajstić information content (AvgIpc) is 2.99. The number of nitrogens with two attached hydrogens (primary N) is 2. The minimum Gasteiger partial charge on any atom is -0.402 e. The highest BCUT2D eigenvalue weighted by molar-refractivity contribution is 5.32. The van der Waals surface area contributed by atoms with Gasteiger partial charge < -0.3 is 16.4 Å². The van der Waals surface area contributed by atoms with Gasteiger partial charge in [0.15, 0.2) is 0 Å². The zero-order valence-corrected chi connectivity index (χ0v) is 10.8. The first-order chi connectivity index (χ1) is 8.10. The van der Waals surface area contributed by atoms with Gasteiger partial charge in [0.2, 0.25) is 0 Å². The van der Waals surface area contributed by atoms with Gasteiger partial charge >= 0.3 is 0 Å². The maximum atomic E-state index is 5.95. The van der Waals surface area contributed by atoms with E-state index in [2.05, 4.69) is 24.8 Å². The van der Waals surface area contributed by atoms with E-state index in [1.807, 2.05) is 12.2 Å². The molecule has 0 spiro atoms. The summed E-state index contributed by atoms with van der Waals surface area (Å²) in [4.78, 5) is 2.43. The molecule has 1 fully saturated rings. The Kier molecular flexibility index (Phi) is 3.46. The summed E-state index contributed by atoms with van der Waals surface area (Å²) in [6, 6.07) is 0. The van der Waals surface area contributed by atoms with Gasteiger partial charge in [-0.2, -0.15) is 0 Å². The lowest BCUT2D eigenvalue weighted by atomic mass is 10.2. The first-order valence-electron chi connectivity index (χ1n) is 6.47. The summed E-state index contributed by atoms with van der Waals surface area (Å²) in [5.74, 6) is 1.76. The summed E-state index contributed by atoms with van der Waals surface area (Å²) in [6.45, 7) is 6.72. The van der Waals surface area contributed by atoms with Crippen molar-refractivity contribution in [2.75, 3.05) is 13.1 Å². The zero-order chi connectivity index (χ0) is 12.4. The average molecular weight is 233 g/mol. The third kappa shape index (κ3) is 3.05. The highest BCUT2D eigenvalue weighted by Crippen LogP contribution is 2.39. The molecule has 0 heterocycles. The van der Waals surface area contributed by atoms with Crippen LogP contribution in [0.25, 0.3) is 0 Å². The van der Waals surface area contributed by atoms with Gasteiger partial charge in [0.25, 0.3) is 0 Å². The molecule has 0 aliphatic heterocycles. The van der Waals surface area contributed by atoms with Crippen LogP contribution in [0.15, 0.2) is 35.3 Å². The lowest BCUT2D eigenvalue weighted by Crippen LogP contribution is -2.26. The molecule has 17 heavy (non-hydrogen) atoms. The van der Waals surface area contributed by atoms with Gasteiger partial charge in [0.05, 0.1) is 0 Å². The lowest BCUT2D eigenvalue weighted by molar-refractivity contribution is 0.333. The molecular weight excluding hydrogens is 210 g/mol. The van der Waals surface area contributed by atoms with Gasteiger partial charge in [-0.1, -0.05) is 6.92 Å². The molecule has 0 amide bonds. The number of allylic oxidation sites excluding steroid dienone is 3. The molecule has 3 heteroatoms. The Morgan fingerprint density at radius 3 is 2.65 bits per heavy atom. The van der Waals surface area contributed by atoms with Gasteiger partial charge in [-0.3, -0.25) is 0 Å². The predicted octanol–water partition coefficient (Wildman–Crippen LogP) is 1.94. The standard InChI is InChI=1S/C14H23N3/c1-3-17(9-11-6-10(11)2)14-5-4-12(15)7-13(16)8-14/h4-5,7,10-11H,3,6,8-9,15-16H2,1-2H3. The summed E-state index contributed by atoms with van der Waals surface area (Å²) in [7, 11) is 0. The van der Waals surface area contributed by atoms with Gasteiger partial charge in [0, 0.05) is 36.6 Å². The van der Waals surface area contributed by atoms with Crippen molar-refractivity contribution < 1.29 is 0 Å². The van der Waals surface area contributed by atoms with E-state index in [1.165, 1.54) is 12.1 Å². The monoisotopic (exact) mass is 233 g/mol. The Balaban J connectivity index is 2.06. The van der Waals surface area contributed by atoms with Gasteiger partial charge in [-0.25, -0.2) is 0 Å². The maximum Gasteiger partial charge on any atom is 0.0332 e. The Bertz CT molecular complexity index is 379. The number of hydrogen-bond acceptors (Lipinski definition) is 3. The fourth-order valence-electron chi connectivity index (χ4n) is 2.38. The minimum absolute atomic E-state index is 0.744. The van der Waals surface area contributed by atoms with E-state index < -0.39 is 0 Å². The van der Waals surface area contributed by atoms with E-state index in [9.17, 15) is 0 Å². The van der Waals surface area contributed by atoms with E-state index in [4.69, 9.17) is 11.5 Å². The van der Waals surface area contributed by atoms with Gasteiger partial charge in [-0.15, -0.1) is 0 Å². The summed E-state index contributed by atoms with van der Waals surface area (Å²) in [5.41, 5.74) is 14.6. The molecule has 4 N–H and O–H groups in total. The van der Waals surface area contributed by atoms with Crippen molar-refractivity contribution in [1.82, 2.24) is 4.90 Å². The van der Waals surface area contributed by atoms with E-state index >= 15 is 0 Å². The molecule has 1 saturated carbocycles. The van der Waals surface area contributed by atoms with Gasteiger partial charge in [0.1, 0.15) is 0 Å². The highest BCUT2D eigenvalue weighted by atomic mass is 15.1. The summed E-state index contributed by atoms with van der Waals surface area (Å²) >= 11 is 0. The molecule has 94 valence electrons. The lowest BCUT2D eigenvalue weighted by Gasteiger charge is -2.26. The van der Waals surface area contributed by atoms with E-state index in [-0.39, 0.29) is 0 Å². The van der Waals surface area contributed by atoms with Crippen molar-refractivity contribution in [3.05, 3.63) is 35.3 Å². The quantitative estimate of drug-likeness (QED) is 0.780. The fraction of sp³-hybridized carbons (Fsp3) is 0.571. The molecule has 0 radical (unpaired) electrons. The fourth-order valence-corrected chi connectivity index (χ4v) is 2.38. The molecule has 0 aromatic carbocycles. The summed E-state index contributed by atoms with van der Waals surface area (Å²) < 4.78 is 0. The first-order valence-corrected chi connectivity index (χ1v) is 6.47.